The number of amides is 1. The first-order valence-corrected chi connectivity index (χ1v) is 9.69. The van der Waals surface area contributed by atoms with Gasteiger partial charge in [-0.05, 0) is 55.7 Å². The number of carbonyl (C=O) groups is 1. The van der Waals surface area contributed by atoms with Gasteiger partial charge in [0.15, 0.2) is 0 Å². The maximum Gasteiger partial charge on any atom is 0.246 e. The van der Waals surface area contributed by atoms with E-state index in [2.05, 4.69) is 16.3 Å². The predicted molar refractivity (Wildman–Crippen MR) is 98.0 cm³/mol. The third-order valence-corrected chi connectivity index (χ3v) is 5.37. The number of carbonyl (C=O) groups excluding carboxylic acids is 1. The molecule has 0 saturated carbocycles. The van der Waals surface area contributed by atoms with Gasteiger partial charge in [-0.1, -0.05) is 18.2 Å². The second kappa shape index (κ2) is 6.85. The summed E-state index contributed by atoms with van der Waals surface area (Å²) < 4.78 is 22.6. The first-order chi connectivity index (χ1) is 11.9. The maximum absolute atomic E-state index is 12.6. The molecule has 0 fully saturated rings. The Balaban J connectivity index is 1.74. The van der Waals surface area contributed by atoms with Crippen molar-refractivity contribution in [2.45, 2.75) is 30.7 Å². The number of rotatable bonds is 4. The molecule has 0 radical (unpaired) electrons. The lowest BCUT2D eigenvalue weighted by Crippen LogP contribution is -2.44. The molecule has 7 heteroatoms. The molecule has 132 valence electrons. The Morgan fingerprint density at radius 3 is 2.52 bits per heavy atom. The van der Waals surface area contributed by atoms with Gasteiger partial charge >= 0.3 is 0 Å². The van der Waals surface area contributed by atoms with Crippen LogP contribution >= 0.6 is 0 Å². The summed E-state index contributed by atoms with van der Waals surface area (Å²) in [5, 5.41) is 7.91. The van der Waals surface area contributed by atoms with Crippen LogP contribution in [0.4, 0.5) is 11.4 Å². The minimum absolute atomic E-state index is 0.0171. The van der Waals surface area contributed by atoms with Crippen molar-refractivity contribution in [3.63, 3.8) is 0 Å². The molecule has 0 aromatic heterocycles. The van der Waals surface area contributed by atoms with Crippen LogP contribution in [-0.4, -0.2) is 26.9 Å². The molecule has 0 bridgehead atoms. The van der Waals surface area contributed by atoms with Crippen molar-refractivity contribution in [3.05, 3.63) is 54.1 Å². The highest BCUT2D eigenvalue weighted by Gasteiger charge is 2.25. The molecular formula is C18H21N3O3S. The Bertz CT molecular complexity index is 879. The van der Waals surface area contributed by atoms with E-state index in [4.69, 9.17) is 5.14 Å². The maximum atomic E-state index is 12.6. The van der Waals surface area contributed by atoms with Gasteiger partial charge < -0.3 is 10.2 Å². The van der Waals surface area contributed by atoms with Crippen molar-refractivity contribution in [3.8, 4) is 0 Å². The van der Waals surface area contributed by atoms with Crippen molar-refractivity contribution in [1.82, 2.24) is 0 Å². The summed E-state index contributed by atoms with van der Waals surface area (Å²) in [4.78, 5) is 14.7. The lowest BCUT2D eigenvalue weighted by molar-refractivity contribution is -0.117. The van der Waals surface area contributed by atoms with Crippen molar-refractivity contribution >= 4 is 27.3 Å². The fourth-order valence-corrected chi connectivity index (χ4v) is 3.60. The second-order valence-corrected chi connectivity index (χ2v) is 7.72. The van der Waals surface area contributed by atoms with Crippen LogP contribution in [0.15, 0.2) is 53.4 Å². The molecule has 1 aliphatic heterocycles. The zero-order valence-electron chi connectivity index (χ0n) is 14.0. The lowest BCUT2D eigenvalue weighted by atomic mass is 10.00. The van der Waals surface area contributed by atoms with Crippen molar-refractivity contribution in [1.29, 1.82) is 0 Å². The molecule has 2 aromatic rings. The monoisotopic (exact) mass is 359 g/mol. The van der Waals surface area contributed by atoms with Gasteiger partial charge in [0.25, 0.3) is 0 Å². The first kappa shape index (κ1) is 17.4. The average molecular weight is 359 g/mol. The molecule has 3 N–H and O–H groups in total. The van der Waals surface area contributed by atoms with E-state index >= 15 is 0 Å². The molecule has 0 saturated heterocycles. The number of hydrogen-bond acceptors (Lipinski definition) is 4. The Kier molecular flexibility index (Phi) is 4.78. The van der Waals surface area contributed by atoms with Gasteiger partial charge in [0.05, 0.1) is 4.90 Å². The highest BCUT2D eigenvalue weighted by molar-refractivity contribution is 7.89. The average Bonchev–Trinajstić information content (AvgIpc) is 2.60. The van der Waals surface area contributed by atoms with E-state index < -0.39 is 10.0 Å². The molecule has 25 heavy (non-hydrogen) atoms. The largest absolute Gasteiger partial charge is 0.360 e. The number of fused-ring (bicyclic) bond motifs is 1. The fraction of sp³-hybridized carbons (Fsp3) is 0.278. The molecule has 0 spiro atoms. The molecule has 1 aliphatic rings. The number of hydrogen-bond donors (Lipinski definition) is 2. The van der Waals surface area contributed by atoms with Crippen LogP contribution in [0.5, 0.6) is 0 Å². The Morgan fingerprint density at radius 1 is 1.16 bits per heavy atom. The van der Waals surface area contributed by atoms with Gasteiger partial charge in [0, 0.05) is 17.9 Å². The number of para-hydroxylation sites is 1. The normalized spacial score (nSPS) is 15.4. The standard InChI is InChI=1S/C18H21N3O3S/c1-13(21-12-4-6-14-5-2-3-7-17(14)21)18(22)20-15-8-10-16(11-9-15)25(19,23)24/h2-3,5,7-11,13H,4,6,12H2,1H3,(H,20,22)(H2,19,23,24). The number of nitrogens with zero attached hydrogens (tertiary/aromatic N) is 1. The van der Waals surface area contributed by atoms with Crippen LogP contribution in [0.3, 0.4) is 0 Å². The number of anilines is 2. The second-order valence-electron chi connectivity index (χ2n) is 6.16. The summed E-state index contributed by atoms with van der Waals surface area (Å²) in [6.45, 7) is 2.70. The van der Waals surface area contributed by atoms with E-state index in [1.165, 1.54) is 29.8 Å². The fourth-order valence-electron chi connectivity index (χ4n) is 3.08. The number of nitrogens with one attached hydrogen (secondary N) is 1. The Hall–Kier alpha value is -2.38. The van der Waals surface area contributed by atoms with E-state index in [0.717, 1.165) is 25.1 Å². The highest BCUT2D eigenvalue weighted by Crippen LogP contribution is 2.28. The summed E-state index contributed by atoms with van der Waals surface area (Å²) in [6, 6.07) is 13.6. The summed E-state index contributed by atoms with van der Waals surface area (Å²) in [6.07, 6.45) is 2.04. The Labute approximate surface area is 147 Å². The Morgan fingerprint density at radius 2 is 1.84 bits per heavy atom. The van der Waals surface area contributed by atoms with Crippen LogP contribution in [0, 0.1) is 0 Å². The summed E-state index contributed by atoms with van der Waals surface area (Å²) in [5.41, 5.74) is 2.89. The number of aryl methyl sites for hydroxylation is 1. The van der Waals surface area contributed by atoms with Crippen LogP contribution in [0.2, 0.25) is 0 Å². The molecular weight excluding hydrogens is 338 g/mol. The molecule has 2 aromatic carbocycles. The van der Waals surface area contributed by atoms with Gasteiger partial charge in [-0.15, -0.1) is 0 Å². The third kappa shape index (κ3) is 3.83. The smallest absolute Gasteiger partial charge is 0.246 e. The van der Waals surface area contributed by atoms with Crippen LogP contribution in [0.1, 0.15) is 18.9 Å². The predicted octanol–water partition coefficient (Wildman–Crippen LogP) is 2.11. The van der Waals surface area contributed by atoms with Gasteiger partial charge in [-0.2, -0.15) is 0 Å². The number of sulfonamides is 1. The van der Waals surface area contributed by atoms with Gasteiger partial charge in [-0.3, -0.25) is 4.79 Å². The van der Waals surface area contributed by atoms with Crippen LogP contribution < -0.4 is 15.4 Å². The first-order valence-electron chi connectivity index (χ1n) is 8.14. The number of benzene rings is 2. The highest BCUT2D eigenvalue weighted by atomic mass is 32.2. The minimum Gasteiger partial charge on any atom is -0.360 e. The third-order valence-electron chi connectivity index (χ3n) is 4.44. The van der Waals surface area contributed by atoms with Crippen LogP contribution in [-0.2, 0) is 21.2 Å². The molecule has 6 nitrogen and oxygen atoms in total. The van der Waals surface area contributed by atoms with Crippen LogP contribution in [0.25, 0.3) is 0 Å². The van der Waals surface area contributed by atoms with E-state index in [9.17, 15) is 13.2 Å². The van der Waals surface area contributed by atoms with Gasteiger partial charge in [-0.25, -0.2) is 13.6 Å². The zero-order valence-corrected chi connectivity index (χ0v) is 14.8. The molecule has 1 unspecified atom stereocenters. The van der Waals surface area contributed by atoms with Crippen molar-refractivity contribution in [2.24, 2.45) is 5.14 Å². The quantitative estimate of drug-likeness (QED) is 0.874. The molecule has 1 atom stereocenters. The summed E-state index contributed by atoms with van der Waals surface area (Å²) in [5.74, 6) is -0.139. The van der Waals surface area contributed by atoms with Gasteiger partial charge in [0.2, 0.25) is 15.9 Å². The molecule has 1 amide bonds. The SMILES string of the molecule is CC(C(=O)Nc1ccc(S(N)(=O)=O)cc1)N1CCCc2ccccc21. The summed E-state index contributed by atoms with van der Waals surface area (Å²) in [7, 11) is -3.74. The summed E-state index contributed by atoms with van der Waals surface area (Å²) >= 11 is 0. The number of primary sulfonamides is 1. The lowest BCUT2D eigenvalue weighted by Gasteiger charge is -2.35. The zero-order chi connectivity index (χ0) is 18.0. The van der Waals surface area contributed by atoms with E-state index in [1.807, 2.05) is 25.1 Å². The van der Waals surface area contributed by atoms with E-state index in [0.29, 0.717) is 5.69 Å². The van der Waals surface area contributed by atoms with E-state index in [-0.39, 0.29) is 16.8 Å². The van der Waals surface area contributed by atoms with Crippen molar-refractivity contribution < 1.29 is 13.2 Å². The van der Waals surface area contributed by atoms with Crippen molar-refractivity contribution in [2.75, 3.05) is 16.8 Å². The number of nitrogens with two attached hydrogens (primary N) is 1. The molecule has 1 heterocycles. The minimum atomic E-state index is -3.74. The van der Waals surface area contributed by atoms with Gasteiger partial charge in [0.1, 0.15) is 6.04 Å². The topological polar surface area (TPSA) is 92.5 Å². The van der Waals surface area contributed by atoms with E-state index in [1.54, 1.807) is 0 Å². The molecule has 3 rings (SSSR count). The molecule has 0 aliphatic carbocycles.